The van der Waals surface area contributed by atoms with Crippen molar-refractivity contribution in [3.63, 3.8) is 0 Å². The van der Waals surface area contributed by atoms with Crippen molar-refractivity contribution in [3.8, 4) is 0 Å². The molecule has 4 rings (SSSR count). The van der Waals surface area contributed by atoms with Crippen molar-refractivity contribution >= 4 is 5.91 Å². The minimum atomic E-state index is -0.282. The van der Waals surface area contributed by atoms with Gasteiger partial charge in [-0.25, -0.2) is 14.4 Å². The molecule has 0 aliphatic carbocycles. The average molecular weight is 447 g/mol. The van der Waals surface area contributed by atoms with E-state index in [0.29, 0.717) is 12.5 Å². The Morgan fingerprint density at radius 3 is 2.42 bits per heavy atom. The first-order chi connectivity index (χ1) is 16.0. The molecule has 0 bridgehead atoms. The molecule has 172 valence electrons. The van der Waals surface area contributed by atoms with Gasteiger partial charge in [-0.1, -0.05) is 42.5 Å². The second kappa shape index (κ2) is 10.7. The second-order valence-electron chi connectivity index (χ2n) is 8.83. The summed E-state index contributed by atoms with van der Waals surface area (Å²) in [5.41, 5.74) is 4.86. The molecular formula is C27H31FN4O. The van der Waals surface area contributed by atoms with Gasteiger partial charge in [-0.15, -0.1) is 0 Å². The van der Waals surface area contributed by atoms with E-state index in [-0.39, 0.29) is 18.1 Å². The van der Waals surface area contributed by atoms with Crippen LogP contribution in [0.25, 0.3) is 0 Å². The van der Waals surface area contributed by atoms with Crippen LogP contribution in [-0.2, 0) is 24.2 Å². The van der Waals surface area contributed by atoms with Gasteiger partial charge in [0.15, 0.2) is 0 Å². The fourth-order valence-electron chi connectivity index (χ4n) is 4.41. The zero-order valence-electron chi connectivity index (χ0n) is 19.4. The SMILES string of the molecule is Cc1nc([C@@H]2CCN(CCc3ccccc3)C2)nc(C)c1CC(=O)NCc1ccc(F)cc1. The Balaban J connectivity index is 1.32. The average Bonchev–Trinajstić information content (AvgIpc) is 3.29. The van der Waals surface area contributed by atoms with Crippen LogP contribution in [0.1, 0.15) is 46.2 Å². The first-order valence-corrected chi connectivity index (χ1v) is 11.6. The summed E-state index contributed by atoms with van der Waals surface area (Å²) in [6, 6.07) is 16.7. The minimum Gasteiger partial charge on any atom is -0.352 e. The van der Waals surface area contributed by atoms with Gasteiger partial charge in [0.25, 0.3) is 0 Å². The topological polar surface area (TPSA) is 58.1 Å². The normalized spacial score (nSPS) is 16.2. The molecule has 0 saturated carbocycles. The summed E-state index contributed by atoms with van der Waals surface area (Å²) < 4.78 is 13.0. The molecule has 3 aromatic rings. The van der Waals surface area contributed by atoms with Crippen molar-refractivity contribution < 1.29 is 9.18 Å². The molecule has 33 heavy (non-hydrogen) atoms. The lowest BCUT2D eigenvalue weighted by molar-refractivity contribution is -0.120. The zero-order chi connectivity index (χ0) is 23.2. The summed E-state index contributed by atoms with van der Waals surface area (Å²) in [6.07, 6.45) is 2.36. The monoisotopic (exact) mass is 446 g/mol. The molecule has 1 atom stereocenters. The van der Waals surface area contributed by atoms with Crippen LogP contribution in [0, 0.1) is 19.7 Å². The van der Waals surface area contributed by atoms with Crippen molar-refractivity contribution in [2.24, 2.45) is 0 Å². The van der Waals surface area contributed by atoms with E-state index in [2.05, 4.69) is 40.5 Å². The highest BCUT2D eigenvalue weighted by Crippen LogP contribution is 2.26. The van der Waals surface area contributed by atoms with E-state index in [1.807, 2.05) is 13.8 Å². The van der Waals surface area contributed by atoms with Crippen LogP contribution in [0.2, 0.25) is 0 Å². The fourth-order valence-corrected chi connectivity index (χ4v) is 4.41. The van der Waals surface area contributed by atoms with Crippen LogP contribution in [0.4, 0.5) is 4.39 Å². The third kappa shape index (κ3) is 6.23. The summed E-state index contributed by atoms with van der Waals surface area (Å²) in [6.45, 7) is 7.38. The van der Waals surface area contributed by atoms with Crippen LogP contribution >= 0.6 is 0 Å². The molecule has 1 aliphatic heterocycles. The number of hydrogen-bond acceptors (Lipinski definition) is 4. The number of amides is 1. The molecule has 0 spiro atoms. The van der Waals surface area contributed by atoms with Gasteiger partial charge in [0.2, 0.25) is 5.91 Å². The van der Waals surface area contributed by atoms with Crippen LogP contribution < -0.4 is 5.32 Å². The lowest BCUT2D eigenvalue weighted by atomic mass is 10.0. The Bertz CT molecular complexity index is 1060. The Morgan fingerprint density at radius 1 is 1.03 bits per heavy atom. The second-order valence-corrected chi connectivity index (χ2v) is 8.83. The molecule has 0 unspecified atom stereocenters. The Kier molecular flexibility index (Phi) is 7.45. The number of hydrogen-bond donors (Lipinski definition) is 1. The predicted octanol–water partition coefficient (Wildman–Crippen LogP) is 4.12. The first-order valence-electron chi connectivity index (χ1n) is 11.6. The summed E-state index contributed by atoms with van der Waals surface area (Å²) in [5.74, 6) is 0.854. The number of likely N-dealkylation sites (tertiary alicyclic amines) is 1. The number of benzene rings is 2. The van der Waals surface area contributed by atoms with Crippen molar-refractivity contribution in [2.75, 3.05) is 19.6 Å². The molecule has 1 aromatic heterocycles. The predicted molar refractivity (Wildman–Crippen MR) is 127 cm³/mol. The molecule has 2 aromatic carbocycles. The lowest BCUT2D eigenvalue weighted by Gasteiger charge is -2.17. The minimum absolute atomic E-state index is 0.0881. The largest absolute Gasteiger partial charge is 0.352 e. The van der Waals surface area contributed by atoms with Gasteiger partial charge < -0.3 is 10.2 Å². The maximum atomic E-state index is 13.0. The third-order valence-electron chi connectivity index (χ3n) is 6.38. The number of rotatable bonds is 8. The fraction of sp³-hybridized carbons (Fsp3) is 0.370. The summed E-state index contributed by atoms with van der Waals surface area (Å²) in [7, 11) is 0. The molecule has 2 heterocycles. The van der Waals surface area contributed by atoms with Crippen LogP contribution in [-0.4, -0.2) is 40.4 Å². The highest BCUT2D eigenvalue weighted by atomic mass is 19.1. The maximum absolute atomic E-state index is 13.0. The zero-order valence-corrected chi connectivity index (χ0v) is 19.4. The van der Waals surface area contributed by atoms with Gasteiger partial charge in [-0.05, 0) is 56.5 Å². The summed E-state index contributed by atoms with van der Waals surface area (Å²) in [4.78, 5) is 24.6. The Morgan fingerprint density at radius 2 is 1.73 bits per heavy atom. The van der Waals surface area contributed by atoms with Crippen molar-refractivity contribution in [1.29, 1.82) is 0 Å². The van der Waals surface area contributed by atoms with Gasteiger partial charge in [0, 0.05) is 42.5 Å². The van der Waals surface area contributed by atoms with Crippen molar-refractivity contribution in [3.05, 3.63) is 94.3 Å². The Labute approximate surface area is 195 Å². The van der Waals surface area contributed by atoms with Gasteiger partial charge in [0.05, 0.1) is 6.42 Å². The van der Waals surface area contributed by atoms with Crippen molar-refractivity contribution in [2.45, 2.75) is 45.6 Å². The number of aryl methyl sites for hydroxylation is 2. The van der Waals surface area contributed by atoms with E-state index >= 15 is 0 Å². The summed E-state index contributed by atoms with van der Waals surface area (Å²) in [5, 5.41) is 2.90. The van der Waals surface area contributed by atoms with Gasteiger partial charge in [-0.3, -0.25) is 4.79 Å². The van der Waals surface area contributed by atoms with Crippen LogP contribution in [0.15, 0.2) is 54.6 Å². The highest BCUT2D eigenvalue weighted by Gasteiger charge is 2.27. The molecule has 1 saturated heterocycles. The number of nitrogens with zero attached hydrogens (tertiary/aromatic N) is 3. The van der Waals surface area contributed by atoms with Gasteiger partial charge in [0.1, 0.15) is 11.6 Å². The molecule has 1 fully saturated rings. The maximum Gasteiger partial charge on any atom is 0.224 e. The van der Waals surface area contributed by atoms with Crippen molar-refractivity contribution in [1.82, 2.24) is 20.2 Å². The molecule has 1 N–H and O–H groups in total. The standard InChI is InChI=1S/C27H31FN4O/c1-19-25(16-26(33)29-17-22-8-10-24(28)11-9-22)20(2)31-27(30-19)23-13-15-32(18-23)14-12-21-6-4-3-5-7-21/h3-11,23H,12-18H2,1-2H3,(H,29,33)/t23-/m1/s1. The van der Waals surface area contributed by atoms with Crippen LogP contribution in [0.3, 0.4) is 0 Å². The Hall–Kier alpha value is -3.12. The first kappa shape index (κ1) is 23.1. The van der Waals surface area contributed by atoms with E-state index in [4.69, 9.17) is 9.97 Å². The molecule has 1 amide bonds. The van der Waals surface area contributed by atoms with Gasteiger partial charge >= 0.3 is 0 Å². The number of carbonyl (C=O) groups excluding carboxylic acids is 1. The number of aromatic nitrogens is 2. The quantitative estimate of drug-likeness (QED) is 0.566. The van der Waals surface area contributed by atoms with E-state index in [1.165, 1.54) is 17.7 Å². The number of nitrogens with one attached hydrogen (secondary N) is 1. The molecular weight excluding hydrogens is 415 g/mol. The van der Waals surface area contributed by atoms with E-state index in [0.717, 1.165) is 60.8 Å². The third-order valence-corrected chi connectivity index (χ3v) is 6.38. The molecule has 5 nitrogen and oxygen atoms in total. The van der Waals surface area contributed by atoms with E-state index < -0.39 is 0 Å². The lowest BCUT2D eigenvalue weighted by Crippen LogP contribution is -2.26. The number of halogens is 1. The highest BCUT2D eigenvalue weighted by molar-refractivity contribution is 5.79. The van der Waals surface area contributed by atoms with Gasteiger partial charge in [-0.2, -0.15) is 0 Å². The van der Waals surface area contributed by atoms with E-state index in [1.54, 1.807) is 12.1 Å². The summed E-state index contributed by atoms with van der Waals surface area (Å²) >= 11 is 0. The molecule has 1 aliphatic rings. The van der Waals surface area contributed by atoms with E-state index in [9.17, 15) is 9.18 Å². The smallest absolute Gasteiger partial charge is 0.224 e. The van der Waals surface area contributed by atoms with Crippen LogP contribution in [0.5, 0.6) is 0 Å². The number of carbonyl (C=O) groups is 1. The molecule has 6 heteroatoms. The molecule has 0 radical (unpaired) electrons.